The number of ether oxygens (including phenoxy) is 1. The fourth-order valence-electron chi connectivity index (χ4n) is 3.06. The molecule has 2 aromatic carbocycles. The second-order valence-corrected chi connectivity index (χ2v) is 9.37. The number of Topliss-reactive ketones (excluding diaryl/α,β-unsaturated/α-hetero) is 1. The highest BCUT2D eigenvalue weighted by Gasteiger charge is 2.22. The van der Waals surface area contributed by atoms with E-state index in [0.29, 0.717) is 35.1 Å². The van der Waals surface area contributed by atoms with Crippen molar-refractivity contribution in [2.45, 2.75) is 32.4 Å². The summed E-state index contributed by atoms with van der Waals surface area (Å²) < 4.78 is 35.9. The van der Waals surface area contributed by atoms with Crippen LogP contribution >= 0.6 is 0 Å². The Morgan fingerprint density at radius 1 is 1.10 bits per heavy atom. The number of aromatic nitrogens is 1. The largest absolute Gasteiger partial charge is 0.497 e. The average molecular weight is 428 g/mol. The Morgan fingerprint density at radius 3 is 2.53 bits per heavy atom. The normalized spacial score (nSPS) is 11.4. The molecule has 0 saturated carbocycles. The molecule has 0 unspecified atom stereocenters. The summed E-state index contributed by atoms with van der Waals surface area (Å²) in [7, 11) is -2.08. The van der Waals surface area contributed by atoms with Gasteiger partial charge in [0.2, 0.25) is 5.89 Å². The lowest BCUT2D eigenvalue weighted by atomic mass is 10.1. The number of sulfone groups is 1. The maximum Gasteiger partial charge on any atom is 0.226 e. The minimum Gasteiger partial charge on any atom is -0.497 e. The number of hydrogen-bond donors (Lipinski definition) is 0. The van der Waals surface area contributed by atoms with E-state index in [1.54, 1.807) is 38.3 Å². The molecule has 6 nitrogen and oxygen atoms in total. The third kappa shape index (κ3) is 5.79. The first-order valence-corrected chi connectivity index (χ1v) is 11.5. The van der Waals surface area contributed by atoms with E-state index >= 15 is 0 Å². The molecule has 0 amide bonds. The Balaban J connectivity index is 1.64. The molecule has 0 atom stereocenters. The monoisotopic (exact) mass is 427 g/mol. The van der Waals surface area contributed by atoms with E-state index in [4.69, 9.17) is 9.15 Å². The van der Waals surface area contributed by atoms with Crippen LogP contribution in [0.25, 0.3) is 11.5 Å². The summed E-state index contributed by atoms with van der Waals surface area (Å²) in [5, 5.41) is 0. The van der Waals surface area contributed by atoms with Crippen molar-refractivity contribution in [3.05, 3.63) is 71.1 Å². The fourth-order valence-corrected chi connectivity index (χ4v) is 4.48. The van der Waals surface area contributed by atoms with Crippen LogP contribution in [-0.2, 0) is 26.8 Å². The molecule has 0 spiro atoms. The first-order valence-electron chi connectivity index (χ1n) is 9.64. The average Bonchev–Trinajstić information content (AvgIpc) is 3.07. The smallest absolute Gasteiger partial charge is 0.226 e. The molecule has 1 heterocycles. The third-order valence-electron chi connectivity index (χ3n) is 4.76. The van der Waals surface area contributed by atoms with Crippen molar-refractivity contribution >= 4 is 15.6 Å². The second-order valence-electron chi connectivity index (χ2n) is 7.31. The van der Waals surface area contributed by atoms with Gasteiger partial charge in [-0.1, -0.05) is 35.9 Å². The van der Waals surface area contributed by atoms with E-state index in [9.17, 15) is 13.2 Å². The summed E-state index contributed by atoms with van der Waals surface area (Å²) in [6.45, 7) is 3.66. The van der Waals surface area contributed by atoms with E-state index < -0.39 is 15.6 Å². The third-order valence-corrected chi connectivity index (χ3v) is 6.24. The van der Waals surface area contributed by atoms with E-state index in [-0.39, 0.29) is 18.0 Å². The van der Waals surface area contributed by atoms with Crippen LogP contribution in [0.4, 0.5) is 0 Å². The minimum absolute atomic E-state index is 0.190. The van der Waals surface area contributed by atoms with E-state index in [1.165, 1.54) is 0 Å². The highest BCUT2D eigenvalue weighted by molar-refractivity contribution is 7.91. The van der Waals surface area contributed by atoms with Gasteiger partial charge in [0, 0.05) is 12.0 Å². The standard InChI is InChI=1S/C23H25NO5S/c1-16-7-9-18(10-8-16)11-12-20(25)14-30(26,27)15-22-17(2)29-23(24-22)19-5-4-6-21(13-19)28-3/h4-10,13H,11-12,14-15H2,1-3H3. The molecule has 7 heteroatoms. The minimum atomic E-state index is -3.65. The number of oxazole rings is 1. The number of nitrogens with zero attached hydrogens (tertiary/aromatic N) is 1. The maximum absolute atomic E-state index is 12.5. The van der Waals surface area contributed by atoms with Crippen LogP contribution in [0.1, 0.15) is 29.0 Å². The molecule has 0 aliphatic rings. The number of ketones is 1. The van der Waals surface area contributed by atoms with Crippen molar-refractivity contribution in [3.8, 4) is 17.2 Å². The van der Waals surface area contributed by atoms with Gasteiger partial charge in [-0.3, -0.25) is 4.79 Å². The molecule has 0 bridgehead atoms. The number of carbonyl (C=O) groups is 1. The molecule has 3 rings (SSSR count). The summed E-state index contributed by atoms with van der Waals surface area (Å²) >= 11 is 0. The predicted octanol–water partition coefficient (Wildman–Crippen LogP) is 4.08. The number of hydrogen-bond acceptors (Lipinski definition) is 6. The first-order chi connectivity index (χ1) is 14.3. The summed E-state index contributed by atoms with van der Waals surface area (Å²) in [5.41, 5.74) is 3.17. The molecule has 158 valence electrons. The zero-order valence-electron chi connectivity index (χ0n) is 17.3. The van der Waals surface area contributed by atoms with Crippen LogP contribution in [0.15, 0.2) is 52.9 Å². The highest BCUT2D eigenvalue weighted by Crippen LogP contribution is 2.26. The first kappa shape index (κ1) is 21.8. The number of rotatable bonds is 9. The summed E-state index contributed by atoms with van der Waals surface area (Å²) in [4.78, 5) is 16.6. The molecule has 0 radical (unpaired) electrons. The Morgan fingerprint density at radius 2 is 1.83 bits per heavy atom. The van der Waals surface area contributed by atoms with E-state index in [2.05, 4.69) is 4.98 Å². The van der Waals surface area contributed by atoms with Gasteiger partial charge in [-0.15, -0.1) is 0 Å². The topological polar surface area (TPSA) is 86.5 Å². The Bertz CT molecular complexity index is 1130. The second kappa shape index (κ2) is 9.26. The number of carbonyl (C=O) groups excluding carboxylic acids is 1. The molecular formula is C23H25NO5S. The number of benzene rings is 2. The van der Waals surface area contributed by atoms with Gasteiger partial charge in [0.25, 0.3) is 0 Å². The van der Waals surface area contributed by atoms with Gasteiger partial charge in [0.1, 0.15) is 23.0 Å². The molecule has 1 aromatic heterocycles. The number of aryl methyl sites for hydroxylation is 3. The molecule has 0 N–H and O–H groups in total. The quantitative estimate of drug-likeness (QED) is 0.511. The van der Waals surface area contributed by atoms with Crippen LogP contribution in [-0.4, -0.2) is 32.0 Å². The van der Waals surface area contributed by atoms with Crippen LogP contribution in [0.5, 0.6) is 5.75 Å². The zero-order chi connectivity index (χ0) is 21.7. The Labute approximate surface area is 176 Å². The predicted molar refractivity (Wildman–Crippen MR) is 115 cm³/mol. The summed E-state index contributed by atoms with van der Waals surface area (Å²) in [6, 6.07) is 15.0. The van der Waals surface area contributed by atoms with Gasteiger partial charge < -0.3 is 9.15 Å². The Hall–Kier alpha value is -2.93. The fraction of sp³-hybridized carbons (Fsp3) is 0.304. The van der Waals surface area contributed by atoms with Gasteiger partial charge in [0.15, 0.2) is 9.84 Å². The van der Waals surface area contributed by atoms with Crippen molar-refractivity contribution < 1.29 is 22.4 Å². The van der Waals surface area contributed by atoms with Gasteiger partial charge in [0.05, 0.1) is 18.6 Å². The van der Waals surface area contributed by atoms with Crippen LogP contribution in [0.2, 0.25) is 0 Å². The van der Waals surface area contributed by atoms with Crippen molar-refractivity contribution in [3.63, 3.8) is 0 Å². The SMILES string of the molecule is COc1cccc(-c2nc(CS(=O)(=O)CC(=O)CCc3ccc(C)cc3)c(C)o2)c1. The molecular weight excluding hydrogens is 402 g/mol. The molecule has 30 heavy (non-hydrogen) atoms. The van der Waals surface area contributed by atoms with Gasteiger partial charge in [-0.25, -0.2) is 13.4 Å². The van der Waals surface area contributed by atoms with Gasteiger partial charge >= 0.3 is 0 Å². The van der Waals surface area contributed by atoms with Crippen molar-refractivity contribution in [2.75, 3.05) is 12.9 Å². The summed E-state index contributed by atoms with van der Waals surface area (Å²) in [6.07, 6.45) is 0.715. The van der Waals surface area contributed by atoms with Crippen molar-refractivity contribution in [2.24, 2.45) is 0 Å². The molecule has 0 saturated heterocycles. The molecule has 0 aliphatic heterocycles. The zero-order valence-corrected chi connectivity index (χ0v) is 18.2. The molecule has 0 fully saturated rings. The van der Waals surface area contributed by atoms with Crippen LogP contribution in [0.3, 0.4) is 0 Å². The van der Waals surface area contributed by atoms with Crippen LogP contribution < -0.4 is 4.74 Å². The Kier molecular flexibility index (Phi) is 6.72. The van der Waals surface area contributed by atoms with Crippen molar-refractivity contribution in [1.82, 2.24) is 4.98 Å². The molecule has 0 aliphatic carbocycles. The summed E-state index contributed by atoms with van der Waals surface area (Å²) in [5.74, 6) is 0.259. The lowest BCUT2D eigenvalue weighted by Gasteiger charge is -2.04. The lowest BCUT2D eigenvalue weighted by Crippen LogP contribution is -2.18. The van der Waals surface area contributed by atoms with Gasteiger partial charge in [-0.2, -0.15) is 0 Å². The van der Waals surface area contributed by atoms with Gasteiger partial charge in [-0.05, 0) is 44.0 Å². The lowest BCUT2D eigenvalue weighted by molar-refractivity contribution is -0.116. The highest BCUT2D eigenvalue weighted by atomic mass is 32.2. The van der Waals surface area contributed by atoms with E-state index in [1.807, 2.05) is 31.2 Å². The maximum atomic E-state index is 12.5. The van der Waals surface area contributed by atoms with Crippen LogP contribution in [0, 0.1) is 13.8 Å². The number of methoxy groups -OCH3 is 1. The molecule has 3 aromatic rings. The van der Waals surface area contributed by atoms with E-state index in [0.717, 1.165) is 11.1 Å². The van der Waals surface area contributed by atoms with Crippen molar-refractivity contribution in [1.29, 1.82) is 0 Å².